The Morgan fingerprint density at radius 3 is 1.94 bits per heavy atom. The van der Waals surface area contributed by atoms with Gasteiger partial charge in [0.25, 0.3) is 0 Å². The minimum absolute atomic E-state index is 0.0252. The summed E-state index contributed by atoms with van der Waals surface area (Å²) in [5.41, 5.74) is 0. The van der Waals surface area contributed by atoms with Gasteiger partial charge in [0.05, 0.1) is 0 Å². The van der Waals surface area contributed by atoms with Gasteiger partial charge >= 0.3 is 5.24 Å². The lowest BCUT2D eigenvalue weighted by atomic mass is 10.3. The van der Waals surface area contributed by atoms with Crippen LogP contribution in [-0.4, -0.2) is 5.24 Å². The van der Waals surface area contributed by atoms with E-state index in [1.807, 2.05) is 18.2 Å². The van der Waals surface area contributed by atoms with Crippen LogP contribution >= 0.6 is 12.2 Å². The normalized spacial score (nSPS) is 9.71. The lowest BCUT2D eigenvalue weighted by molar-refractivity contribution is 0.403. The Bertz CT molecular complexity index is 497. The lowest BCUT2D eigenvalue weighted by Crippen LogP contribution is -2.13. The molecule has 0 unspecified atom stereocenters. The van der Waals surface area contributed by atoms with Crippen molar-refractivity contribution in [3.63, 3.8) is 0 Å². The first-order chi connectivity index (χ1) is 8.24. The van der Waals surface area contributed by atoms with Gasteiger partial charge in [-0.2, -0.15) is 0 Å². The summed E-state index contributed by atoms with van der Waals surface area (Å²) in [4.78, 5) is 0. The number of para-hydroxylation sites is 1. The van der Waals surface area contributed by atoms with Crippen LogP contribution in [0.25, 0.3) is 0 Å². The molecule has 0 aliphatic carbocycles. The van der Waals surface area contributed by atoms with Crippen LogP contribution in [-0.2, 0) is 0 Å². The highest BCUT2D eigenvalue weighted by Gasteiger charge is 2.03. The van der Waals surface area contributed by atoms with Gasteiger partial charge in [-0.05, 0) is 36.4 Å². The maximum absolute atomic E-state index is 12.7. The summed E-state index contributed by atoms with van der Waals surface area (Å²) in [6, 6.07) is 14.6. The zero-order valence-electron chi connectivity index (χ0n) is 8.80. The second kappa shape index (κ2) is 5.41. The third kappa shape index (κ3) is 3.53. The third-order valence-electron chi connectivity index (χ3n) is 1.96. The molecule has 0 saturated carbocycles. The fraction of sp³-hybridized carbons (Fsp3) is 0. The summed E-state index contributed by atoms with van der Waals surface area (Å²) in [6.07, 6.45) is 0. The van der Waals surface area contributed by atoms with E-state index >= 15 is 0 Å². The largest absolute Gasteiger partial charge is 0.417 e. The van der Waals surface area contributed by atoms with Gasteiger partial charge in [-0.25, -0.2) is 4.39 Å². The van der Waals surface area contributed by atoms with Crippen molar-refractivity contribution in [2.45, 2.75) is 0 Å². The van der Waals surface area contributed by atoms with Gasteiger partial charge in [0.1, 0.15) is 17.3 Å². The molecule has 0 heterocycles. The highest BCUT2D eigenvalue weighted by molar-refractivity contribution is 7.79. The molecule has 0 spiro atoms. The molecular weight excluding hydrogens is 239 g/mol. The van der Waals surface area contributed by atoms with E-state index in [4.69, 9.17) is 21.7 Å². The number of halogens is 1. The maximum atomic E-state index is 12.7. The summed E-state index contributed by atoms with van der Waals surface area (Å²) in [7, 11) is 0. The van der Waals surface area contributed by atoms with Gasteiger partial charge in [-0.15, -0.1) is 0 Å². The molecule has 0 saturated heterocycles. The fourth-order valence-corrected chi connectivity index (χ4v) is 1.40. The summed E-state index contributed by atoms with van der Waals surface area (Å²) in [5, 5.41) is -0.0252. The van der Waals surface area contributed by atoms with Crippen LogP contribution in [0.2, 0.25) is 0 Å². The van der Waals surface area contributed by atoms with E-state index in [9.17, 15) is 4.39 Å². The van der Waals surface area contributed by atoms with E-state index in [0.29, 0.717) is 11.5 Å². The van der Waals surface area contributed by atoms with Gasteiger partial charge in [-0.3, -0.25) is 0 Å². The highest BCUT2D eigenvalue weighted by Crippen LogP contribution is 2.14. The Morgan fingerprint density at radius 1 is 0.824 bits per heavy atom. The molecule has 0 atom stereocenters. The van der Waals surface area contributed by atoms with Crippen molar-refractivity contribution >= 4 is 17.5 Å². The van der Waals surface area contributed by atoms with Crippen molar-refractivity contribution < 1.29 is 13.9 Å². The van der Waals surface area contributed by atoms with E-state index in [2.05, 4.69) is 0 Å². The molecule has 2 aromatic carbocycles. The van der Waals surface area contributed by atoms with Crippen molar-refractivity contribution in [3.8, 4) is 11.5 Å². The smallest absolute Gasteiger partial charge is 0.363 e. The number of thiocarbonyl (C=S) groups is 1. The maximum Gasteiger partial charge on any atom is 0.363 e. The quantitative estimate of drug-likeness (QED) is 0.757. The number of hydrogen-bond acceptors (Lipinski definition) is 3. The Kier molecular flexibility index (Phi) is 3.67. The molecule has 0 amide bonds. The van der Waals surface area contributed by atoms with Crippen molar-refractivity contribution in [1.82, 2.24) is 0 Å². The Morgan fingerprint density at radius 2 is 1.35 bits per heavy atom. The first-order valence-corrected chi connectivity index (χ1v) is 5.35. The predicted octanol–water partition coefficient (Wildman–Crippen LogP) is 3.57. The van der Waals surface area contributed by atoms with Gasteiger partial charge in [0.15, 0.2) is 0 Å². The molecule has 4 heteroatoms. The second-order valence-electron chi connectivity index (χ2n) is 3.22. The zero-order valence-corrected chi connectivity index (χ0v) is 9.62. The summed E-state index contributed by atoms with van der Waals surface area (Å²) < 4.78 is 23.1. The van der Waals surface area contributed by atoms with Crippen LogP contribution in [0.1, 0.15) is 0 Å². The first kappa shape index (κ1) is 11.5. The van der Waals surface area contributed by atoms with E-state index < -0.39 is 0 Å². The highest BCUT2D eigenvalue weighted by atomic mass is 32.1. The number of benzene rings is 2. The van der Waals surface area contributed by atoms with Crippen LogP contribution in [0.5, 0.6) is 11.5 Å². The Hall–Kier alpha value is -1.94. The second-order valence-corrected chi connectivity index (χ2v) is 3.55. The predicted molar refractivity (Wildman–Crippen MR) is 66.7 cm³/mol. The number of rotatable bonds is 2. The van der Waals surface area contributed by atoms with E-state index in [1.165, 1.54) is 24.3 Å². The summed E-state index contributed by atoms with van der Waals surface area (Å²) >= 11 is 4.91. The van der Waals surface area contributed by atoms with Gasteiger partial charge in [-0.1, -0.05) is 18.2 Å². The van der Waals surface area contributed by atoms with Crippen LogP contribution in [0.15, 0.2) is 54.6 Å². The molecule has 17 heavy (non-hydrogen) atoms. The molecule has 0 aromatic heterocycles. The topological polar surface area (TPSA) is 18.5 Å². The molecule has 0 aliphatic heterocycles. The first-order valence-electron chi connectivity index (χ1n) is 4.94. The van der Waals surface area contributed by atoms with Gasteiger partial charge in [0.2, 0.25) is 0 Å². The van der Waals surface area contributed by atoms with Crippen LogP contribution in [0.4, 0.5) is 4.39 Å². The average Bonchev–Trinajstić information content (AvgIpc) is 2.33. The van der Waals surface area contributed by atoms with Crippen molar-refractivity contribution in [2.75, 3.05) is 0 Å². The number of hydrogen-bond donors (Lipinski definition) is 0. The van der Waals surface area contributed by atoms with Crippen LogP contribution in [0.3, 0.4) is 0 Å². The molecular formula is C13H9FO2S. The number of ether oxygens (including phenoxy) is 2. The summed E-state index contributed by atoms with van der Waals surface area (Å²) in [6.45, 7) is 0. The van der Waals surface area contributed by atoms with Gasteiger partial charge < -0.3 is 9.47 Å². The van der Waals surface area contributed by atoms with Crippen molar-refractivity contribution in [3.05, 3.63) is 60.4 Å². The van der Waals surface area contributed by atoms with E-state index in [0.717, 1.165) is 0 Å². The third-order valence-corrected chi connectivity index (χ3v) is 2.13. The van der Waals surface area contributed by atoms with Crippen molar-refractivity contribution in [1.29, 1.82) is 0 Å². The lowest BCUT2D eigenvalue weighted by Gasteiger charge is -2.07. The van der Waals surface area contributed by atoms with Crippen molar-refractivity contribution in [2.24, 2.45) is 0 Å². The van der Waals surface area contributed by atoms with Gasteiger partial charge in [0, 0.05) is 12.2 Å². The summed E-state index contributed by atoms with van der Waals surface area (Å²) in [5.74, 6) is 0.708. The molecule has 0 fully saturated rings. The minimum Gasteiger partial charge on any atom is -0.417 e. The van der Waals surface area contributed by atoms with Crippen LogP contribution < -0.4 is 9.47 Å². The average molecular weight is 248 g/mol. The van der Waals surface area contributed by atoms with E-state index in [1.54, 1.807) is 12.1 Å². The molecule has 0 bridgehead atoms. The zero-order chi connectivity index (χ0) is 12.1. The molecule has 0 radical (unpaired) electrons. The Balaban J connectivity index is 1.96. The Labute approximate surface area is 104 Å². The fourth-order valence-electron chi connectivity index (χ4n) is 1.20. The molecule has 86 valence electrons. The molecule has 2 rings (SSSR count). The van der Waals surface area contributed by atoms with Crippen LogP contribution in [0, 0.1) is 5.82 Å². The monoisotopic (exact) mass is 248 g/mol. The molecule has 0 aliphatic rings. The standard InChI is InChI=1S/C13H9FO2S/c14-10-6-8-12(9-7-10)16-13(17)15-11-4-2-1-3-5-11/h1-9H. The van der Waals surface area contributed by atoms with E-state index in [-0.39, 0.29) is 11.1 Å². The molecule has 2 aromatic rings. The SMILES string of the molecule is Fc1ccc(OC(=S)Oc2ccccc2)cc1. The molecule has 0 N–H and O–H groups in total. The minimum atomic E-state index is -0.327. The molecule has 2 nitrogen and oxygen atoms in total.